The third-order valence-electron chi connectivity index (χ3n) is 3.59. The zero-order chi connectivity index (χ0) is 10.0. The fourth-order valence-electron chi connectivity index (χ4n) is 2.44. The van der Waals surface area contributed by atoms with Gasteiger partial charge < -0.3 is 10.1 Å². The molecule has 2 atom stereocenters. The highest BCUT2D eigenvalue weighted by atomic mass is 16.5. The summed E-state index contributed by atoms with van der Waals surface area (Å²) in [6.45, 7) is 8.74. The van der Waals surface area contributed by atoms with E-state index in [0.29, 0.717) is 11.8 Å². The minimum Gasteiger partial charge on any atom is -0.360 e. The van der Waals surface area contributed by atoms with Crippen LogP contribution in [0.25, 0.3) is 0 Å². The smallest absolute Gasteiger partial charge is 0.119 e. The van der Waals surface area contributed by atoms with Crippen LogP contribution in [0.3, 0.4) is 0 Å². The van der Waals surface area contributed by atoms with Gasteiger partial charge in [0.05, 0.1) is 6.61 Å². The summed E-state index contributed by atoms with van der Waals surface area (Å²) in [6.07, 6.45) is 2.47. The predicted octanol–water partition coefficient (Wildman–Crippen LogP) is 0.958. The molecule has 0 bridgehead atoms. The van der Waals surface area contributed by atoms with E-state index in [1.807, 2.05) is 0 Å². The number of piperidine rings is 1. The Balaban J connectivity index is 1.93. The quantitative estimate of drug-likeness (QED) is 0.658. The SMILES string of the molecule is CC1CNC(C)(C2CCNCC2)OC1. The maximum atomic E-state index is 5.98. The van der Waals surface area contributed by atoms with Crippen LogP contribution in [0.5, 0.6) is 0 Å². The molecule has 0 aromatic heterocycles. The highest BCUT2D eigenvalue weighted by Gasteiger charge is 2.38. The van der Waals surface area contributed by atoms with Gasteiger partial charge in [-0.05, 0) is 38.8 Å². The van der Waals surface area contributed by atoms with Gasteiger partial charge in [0.15, 0.2) is 0 Å². The topological polar surface area (TPSA) is 33.3 Å². The third-order valence-corrected chi connectivity index (χ3v) is 3.59. The average Bonchev–Trinajstić information content (AvgIpc) is 2.24. The van der Waals surface area contributed by atoms with Crippen molar-refractivity contribution in [2.75, 3.05) is 26.2 Å². The fraction of sp³-hybridized carbons (Fsp3) is 1.00. The van der Waals surface area contributed by atoms with Crippen molar-refractivity contribution in [3.8, 4) is 0 Å². The molecule has 0 amide bonds. The molecule has 0 aliphatic carbocycles. The van der Waals surface area contributed by atoms with Gasteiger partial charge in [-0.2, -0.15) is 0 Å². The number of hydrogen-bond donors (Lipinski definition) is 2. The molecule has 0 radical (unpaired) electrons. The first-order valence-corrected chi connectivity index (χ1v) is 5.80. The van der Waals surface area contributed by atoms with E-state index in [9.17, 15) is 0 Å². The molecule has 2 aliphatic heterocycles. The molecule has 0 saturated carbocycles. The predicted molar refractivity (Wildman–Crippen MR) is 57.1 cm³/mol. The van der Waals surface area contributed by atoms with Crippen LogP contribution in [-0.2, 0) is 4.74 Å². The van der Waals surface area contributed by atoms with E-state index in [4.69, 9.17) is 4.74 Å². The van der Waals surface area contributed by atoms with Gasteiger partial charge in [-0.15, -0.1) is 0 Å². The fourth-order valence-corrected chi connectivity index (χ4v) is 2.44. The normalized spacial score (nSPS) is 41.1. The molecule has 2 saturated heterocycles. The van der Waals surface area contributed by atoms with Crippen LogP contribution >= 0.6 is 0 Å². The van der Waals surface area contributed by atoms with E-state index in [0.717, 1.165) is 26.2 Å². The van der Waals surface area contributed by atoms with Crippen LogP contribution in [0.2, 0.25) is 0 Å². The third kappa shape index (κ3) is 2.10. The van der Waals surface area contributed by atoms with Gasteiger partial charge in [0.2, 0.25) is 0 Å². The maximum absolute atomic E-state index is 5.98. The van der Waals surface area contributed by atoms with Crippen LogP contribution in [0.4, 0.5) is 0 Å². The molecule has 2 heterocycles. The second-order valence-corrected chi connectivity index (χ2v) is 4.93. The Labute approximate surface area is 86.6 Å². The summed E-state index contributed by atoms with van der Waals surface area (Å²) >= 11 is 0. The molecule has 82 valence electrons. The number of hydrogen-bond acceptors (Lipinski definition) is 3. The van der Waals surface area contributed by atoms with Crippen molar-refractivity contribution < 1.29 is 4.74 Å². The summed E-state index contributed by atoms with van der Waals surface area (Å²) in [6, 6.07) is 0. The molecule has 2 rings (SSSR count). The molecule has 2 unspecified atom stereocenters. The molecule has 0 aromatic carbocycles. The largest absolute Gasteiger partial charge is 0.360 e. The van der Waals surface area contributed by atoms with E-state index in [1.165, 1.54) is 12.8 Å². The Kier molecular flexibility index (Phi) is 3.10. The molecule has 14 heavy (non-hydrogen) atoms. The second-order valence-electron chi connectivity index (χ2n) is 4.93. The van der Waals surface area contributed by atoms with Crippen molar-refractivity contribution in [3.05, 3.63) is 0 Å². The maximum Gasteiger partial charge on any atom is 0.119 e. The minimum absolute atomic E-state index is 0.0609. The highest BCUT2D eigenvalue weighted by Crippen LogP contribution is 2.29. The molecule has 3 heteroatoms. The van der Waals surface area contributed by atoms with Crippen LogP contribution in [0.15, 0.2) is 0 Å². The van der Waals surface area contributed by atoms with Gasteiger partial charge in [0.25, 0.3) is 0 Å². The van der Waals surface area contributed by atoms with Crippen LogP contribution in [0, 0.1) is 11.8 Å². The average molecular weight is 198 g/mol. The first-order valence-electron chi connectivity index (χ1n) is 5.80. The second kappa shape index (κ2) is 4.17. The summed E-state index contributed by atoms with van der Waals surface area (Å²) in [5, 5.41) is 6.96. The summed E-state index contributed by atoms with van der Waals surface area (Å²) in [4.78, 5) is 0. The number of ether oxygens (including phenoxy) is 1. The zero-order valence-electron chi connectivity index (χ0n) is 9.31. The van der Waals surface area contributed by atoms with E-state index in [2.05, 4.69) is 24.5 Å². The lowest BCUT2D eigenvalue weighted by Gasteiger charge is -2.44. The van der Waals surface area contributed by atoms with Gasteiger partial charge in [0, 0.05) is 12.5 Å². The first kappa shape index (κ1) is 10.4. The molecule has 0 spiro atoms. The Hall–Kier alpha value is -0.120. The van der Waals surface area contributed by atoms with Gasteiger partial charge in [-0.1, -0.05) is 6.92 Å². The van der Waals surface area contributed by atoms with Crippen molar-refractivity contribution in [2.24, 2.45) is 11.8 Å². The van der Waals surface area contributed by atoms with Crippen LogP contribution in [0.1, 0.15) is 26.7 Å². The summed E-state index contributed by atoms with van der Waals surface area (Å²) in [7, 11) is 0. The van der Waals surface area contributed by atoms with Crippen molar-refractivity contribution >= 4 is 0 Å². The Bertz CT molecular complexity index is 182. The Morgan fingerprint density at radius 1 is 1.29 bits per heavy atom. The lowest BCUT2D eigenvalue weighted by Crippen LogP contribution is -2.58. The summed E-state index contributed by atoms with van der Waals surface area (Å²) in [5.74, 6) is 1.33. The van der Waals surface area contributed by atoms with E-state index < -0.39 is 0 Å². The van der Waals surface area contributed by atoms with Crippen molar-refractivity contribution in [3.63, 3.8) is 0 Å². The highest BCUT2D eigenvalue weighted by molar-refractivity contribution is 4.88. The molecule has 3 nitrogen and oxygen atoms in total. The van der Waals surface area contributed by atoms with Gasteiger partial charge >= 0.3 is 0 Å². The Morgan fingerprint density at radius 2 is 2.00 bits per heavy atom. The van der Waals surface area contributed by atoms with Gasteiger partial charge in [-0.3, -0.25) is 5.32 Å². The summed E-state index contributed by atoms with van der Waals surface area (Å²) in [5.41, 5.74) is -0.0609. The van der Waals surface area contributed by atoms with Crippen molar-refractivity contribution in [2.45, 2.75) is 32.4 Å². The lowest BCUT2D eigenvalue weighted by molar-refractivity contribution is -0.141. The van der Waals surface area contributed by atoms with Crippen LogP contribution < -0.4 is 10.6 Å². The molecule has 2 aliphatic rings. The van der Waals surface area contributed by atoms with E-state index in [1.54, 1.807) is 0 Å². The molecule has 2 N–H and O–H groups in total. The first-order chi connectivity index (χ1) is 6.71. The minimum atomic E-state index is -0.0609. The van der Waals surface area contributed by atoms with Crippen molar-refractivity contribution in [1.82, 2.24) is 10.6 Å². The number of rotatable bonds is 1. The van der Waals surface area contributed by atoms with Gasteiger partial charge in [-0.25, -0.2) is 0 Å². The molecule has 0 aromatic rings. The van der Waals surface area contributed by atoms with Crippen molar-refractivity contribution in [1.29, 1.82) is 0 Å². The standard InChI is InChI=1S/C11H22N2O/c1-9-7-13-11(2,14-8-9)10-3-5-12-6-4-10/h9-10,12-13H,3-8H2,1-2H3. The molecular formula is C11H22N2O. The number of nitrogens with one attached hydrogen (secondary N) is 2. The zero-order valence-corrected chi connectivity index (χ0v) is 9.31. The van der Waals surface area contributed by atoms with Crippen LogP contribution in [-0.4, -0.2) is 32.0 Å². The monoisotopic (exact) mass is 198 g/mol. The van der Waals surface area contributed by atoms with E-state index >= 15 is 0 Å². The summed E-state index contributed by atoms with van der Waals surface area (Å²) < 4.78 is 5.98. The lowest BCUT2D eigenvalue weighted by atomic mass is 9.86. The van der Waals surface area contributed by atoms with E-state index in [-0.39, 0.29) is 5.72 Å². The molecule has 2 fully saturated rings. The van der Waals surface area contributed by atoms with Gasteiger partial charge in [0.1, 0.15) is 5.72 Å². The molecular weight excluding hydrogens is 176 g/mol. The Morgan fingerprint density at radius 3 is 2.57 bits per heavy atom.